The molecular formula is C46H82N2O7. The van der Waals surface area contributed by atoms with Gasteiger partial charge in [-0.3, -0.25) is 14.4 Å². The number of unbranched alkanes of at least 4 members (excludes halogenated alkanes) is 20. The molecule has 0 saturated heterocycles. The lowest BCUT2D eigenvalue weighted by atomic mass is 10.0. The Kier molecular flexibility index (Phi) is 38.5. The van der Waals surface area contributed by atoms with Crippen LogP contribution >= 0.6 is 0 Å². The van der Waals surface area contributed by atoms with Crippen molar-refractivity contribution in [1.82, 2.24) is 10.6 Å². The summed E-state index contributed by atoms with van der Waals surface area (Å²) in [5, 5.41) is 22.5. The van der Waals surface area contributed by atoms with Crippen LogP contribution in [0.2, 0.25) is 0 Å². The molecule has 0 aliphatic heterocycles. The minimum absolute atomic E-state index is 0.0169. The van der Waals surface area contributed by atoms with Crippen LogP contribution in [0, 0.1) is 0 Å². The second kappa shape index (κ2) is 40.7. The fourth-order valence-corrected chi connectivity index (χ4v) is 6.43. The smallest absolute Gasteiger partial charge is 0.328 e. The number of hydrogen-bond acceptors (Lipinski definition) is 6. The summed E-state index contributed by atoms with van der Waals surface area (Å²) in [5.74, 6) is -2.30. The number of aliphatic carboxylic acids is 1. The third kappa shape index (κ3) is 37.7. The van der Waals surface area contributed by atoms with Gasteiger partial charge in [-0.1, -0.05) is 153 Å². The SMILES string of the molecule is CCCCC/C=C\C/C=C\C/C=C\CCCCCCCCC(=O)OC(CCCCCCCCCC)CCCCCCCC(=O)NCC(=O)NC(CO)C(=O)O. The summed E-state index contributed by atoms with van der Waals surface area (Å²) in [6.07, 6.45) is 46.0. The second-order valence-corrected chi connectivity index (χ2v) is 15.1. The Hall–Kier alpha value is -2.94. The number of nitrogens with one attached hydrogen (secondary N) is 2. The number of ether oxygens (including phenoxy) is 1. The van der Waals surface area contributed by atoms with E-state index < -0.39 is 24.5 Å². The van der Waals surface area contributed by atoms with E-state index in [0.717, 1.165) is 77.0 Å². The Labute approximate surface area is 336 Å². The van der Waals surface area contributed by atoms with E-state index in [1.54, 1.807) is 0 Å². The lowest BCUT2D eigenvalue weighted by Crippen LogP contribution is -2.47. The predicted octanol–water partition coefficient (Wildman–Crippen LogP) is 11.0. The lowest BCUT2D eigenvalue weighted by Gasteiger charge is -2.18. The van der Waals surface area contributed by atoms with Crippen molar-refractivity contribution in [2.45, 2.75) is 219 Å². The van der Waals surface area contributed by atoms with Crippen LogP contribution in [0.1, 0.15) is 206 Å². The van der Waals surface area contributed by atoms with Crippen LogP contribution < -0.4 is 10.6 Å². The van der Waals surface area contributed by atoms with Gasteiger partial charge in [0.15, 0.2) is 0 Å². The van der Waals surface area contributed by atoms with Gasteiger partial charge in [0.2, 0.25) is 11.8 Å². The number of carboxylic acid groups (broad SMARTS) is 1. The fourth-order valence-electron chi connectivity index (χ4n) is 6.43. The van der Waals surface area contributed by atoms with Gasteiger partial charge in [0.05, 0.1) is 13.2 Å². The molecule has 0 bridgehead atoms. The lowest BCUT2D eigenvalue weighted by molar-refractivity contribution is -0.150. The molecule has 0 aliphatic carbocycles. The summed E-state index contributed by atoms with van der Waals surface area (Å²) >= 11 is 0. The highest BCUT2D eigenvalue weighted by molar-refractivity contribution is 5.87. The summed E-state index contributed by atoms with van der Waals surface area (Å²) in [5.41, 5.74) is 0. The molecule has 0 fully saturated rings. The molecule has 0 aromatic carbocycles. The molecular weight excluding hydrogens is 693 g/mol. The maximum atomic E-state index is 12.8. The van der Waals surface area contributed by atoms with Crippen LogP contribution in [0.15, 0.2) is 36.5 Å². The van der Waals surface area contributed by atoms with Gasteiger partial charge in [-0.15, -0.1) is 0 Å². The minimum atomic E-state index is -1.38. The summed E-state index contributed by atoms with van der Waals surface area (Å²) < 4.78 is 6.01. The third-order valence-electron chi connectivity index (χ3n) is 9.89. The molecule has 0 spiro atoms. The molecule has 9 nitrogen and oxygen atoms in total. The average molecular weight is 775 g/mol. The highest BCUT2D eigenvalue weighted by Crippen LogP contribution is 2.19. The van der Waals surface area contributed by atoms with E-state index in [4.69, 9.17) is 14.9 Å². The Morgan fingerprint density at radius 2 is 0.982 bits per heavy atom. The zero-order valence-electron chi connectivity index (χ0n) is 35.2. The maximum absolute atomic E-state index is 12.8. The van der Waals surface area contributed by atoms with Gasteiger partial charge in [0.1, 0.15) is 12.1 Å². The largest absolute Gasteiger partial charge is 0.480 e. The number of aliphatic hydroxyl groups excluding tert-OH is 1. The summed E-state index contributed by atoms with van der Waals surface area (Å²) in [4.78, 5) is 47.5. The standard InChI is InChI=1S/C46H82N2O7/c1-3-5-7-9-11-13-14-15-16-17-18-19-20-21-22-23-25-30-34-38-45(52)55-41(35-31-27-24-12-10-8-6-4-2)36-32-28-26-29-33-37-43(50)47-39-44(51)48-42(40-49)46(53)54/h11,13,15-16,18-19,41-42,49H,3-10,12,14,17,20-40H2,1-2H3,(H,47,50)(H,48,51)(H,53,54)/b13-11-,16-15-,19-18-. The van der Waals surface area contributed by atoms with Crippen molar-refractivity contribution in [1.29, 1.82) is 0 Å². The maximum Gasteiger partial charge on any atom is 0.328 e. The Balaban J connectivity index is 4.20. The number of carbonyl (C=O) groups excluding carboxylic acids is 3. The van der Waals surface area contributed by atoms with Crippen molar-refractivity contribution in [2.75, 3.05) is 13.2 Å². The van der Waals surface area contributed by atoms with E-state index in [2.05, 4.69) is 60.9 Å². The topological polar surface area (TPSA) is 142 Å². The minimum Gasteiger partial charge on any atom is -0.480 e. The monoisotopic (exact) mass is 775 g/mol. The fraction of sp³-hybridized carbons (Fsp3) is 0.783. The first-order valence-corrected chi connectivity index (χ1v) is 22.4. The van der Waals surface area contributed by atoms with Crippen LogP contribution in [0.5, 0.6) is 0 Å². The summed E-state index contributed by atoms with van der Waals surface area (Å²) in [6.45, 7) is 3.45. The van der Waals surface area contributed by atoms with Crippen LogP contribution in [-0.2, 0) is 23.9 Å². The highest BCUT2D eigenvalue weighted by Gasteiger charge is 2.19. The first-order valence-electron chi connectivity index (χ1n) is 22.4. The van der Waals surface area contributed by atoms with Crippen molar-refractivity contribution < 1.29 is 34.1 Å². The van der Waals surface area contributed by atoms with Gasteiger partial charge in [-0.05, 0) is 77.0 Å². The van der Waals surface area contributed by atoms with Crippen molar-refractivity contribution in [3.8, 4) is 0 Å². The van der Waals surface area contributed by atoms with Crippen LogP contribution in [0.4, 0.5) is 0 Å². The molecule has 2 unspecified atom stereocenters. The normalized spacial score (nSPS) is 12.8. The second-order valence-electron chi connectivity index (χ2n) is 15.1. The first-order chi connectivity index (χ1) is 26.8. The van der Waals surface area contributed by atoms with Gasteiger partial charge in [0.25, 0.3) is 0 Å². The van der Waals surface area contributed by atoms with Crippen LogP contribution in [-0.4, -0.2) is 59.3 Å². The number of carbonyl (C=O) groups is 4. The average Bonchev–Trinajstić information content (AvgIpc) is 3.17. The molecule has 55 heavy (non-hydrogen) atoms. The Morgan fingerprint density at radius 3 is 1.51 bits per heavy atom. The number of aliphatic hydroxyl groups is 1. The van der Waals surface area contributed by atoms with Gasteiger partial charge < -0.3 is 25.6 Å². The Bertz CT molecular complexity index is 1030. The van der Waals surface area contributed by atoms with Crippen molar-refractivity contribution in [3.63, 3.8) is 0 Å². The Morgan fingerprint density at radius 1 is 0.545 bits per heavy atom. The predicted molar refractivity (Wildman–Crippen MR) is 227 cm³/mol. The van der Waals surface area contributed by atoms with E-state index in [0.29, 0.717) is 19.3 Å². The third-order valence-corrected chi connectivity index (χ3v) is 9.89. The van der Waals surface area contributed by atoms with Crippen molar-refractivity contribution in [3.05, 3.63) is 36.5 Å². The molecule has 0 aromatic rings. The molecule has 0 aromatic heterocycles. The van der Waals surface area contributed by atoms with E-state index >= 15 is 0 Å². The first kappa shape index (κ1) is 52.1. The number of amides is 2. The molecule has 0 saturated carbocycles. The molecule has 318 valence electrons. The number of allylic oxidation sites excluding steroid dienone is 6. The molecule has 2 atom stereocenters. The van der Waals surface area contributed by atoms with Crippen LogP contribution in [0.3, 0.4) is 0 Å². The molecule has 0 rings (SSSR count). The number of rotatable bonds is 40. The van der Waals surface area contributed by atoms with Crippen LogP contribution in [0.25, 0.3) is 0 Å². The number of hydrogen-bond donors (Lipinski definition) is 4. The van der Waals surface area contributed by atoms with E-state index in [1.165, 1.54) is 96.3 Å². The van der Waals surface area contributed by atoms with E-state index in [9.17, 15) is 19.2 Å². The zero-order valence-corrected chi connectivity index (χ0v) is 35.2. The molecule has 0 radical (unpaired) electrons. The van der Waals surface area contributed by atoms with E-state index in [-0.39, 0.29) is 24.5 Å². The molecule has 0 heterocycles. The molecule has 4 N–H and O–H groups in total. The molecule has 0 aliphatic rings. The number of carboxylic acids is 1. The quantitative estimate of drug-likeness (QED) is 0.0276. The van der Waals surface area contributed by atoms with E-state index in [1.807, 2.05) is 0 Å². The highest BCUT2D eigenvalue weighted by atomic mass is 16.5. The van der Waals surface area contributed by atoms with Crippen molar-refractivity contribution >= 4 is 23.8 Å². The zero-order chi connectivity index (χ0) is 40.5. The number of esters is 1. The molecule has 2 amide bonds. The van der Waals surface area contributed by atoms with Gasteiger partial charge in [-0.2, -0.15) is 0 Å². The molecule has 9 heteroatoms. The van der Waals surface area contributed by atoms with Crippen molar-refractivity contribution in [2.24, 2.45) is 0 Å². The summed E-state index contributed by atoms with van der Waals surface area (Å²) in [7, 11) is 0. The van der Waals surface area contributed by atoms with Gasteiger partial charge in [-0.25, -0.2) is 4.79 Å². The summed E-state index contributed by atoms with van der Waals surface area (Å²) in [6, 6.07) is -1.38. The van der Waals surface area contributed by atoms with Gasteiger partial charge >= 0.3 is 11.9 Å². The van der Waals surface area contributed by atoms with Gasteiger partial charge in [0, 0.05) is 12.8 Å².